The summed E-state index contributed by atoms with van der Waals surface area (Å²) in [4.78, 5) is 29.6. The number of hydrogen-bond acceptors (Lipinski definition) is 5. The van der Waals surface area contributed by atoms with Gasteiger partial charge in [-0.3, -0.25) is 14.2 Å². The molecule has 0 radical (unpaired) electrons. The fraction of sp³-hybridized carbons (Fsp3) is 0.571. The van der Waals surface area contributed by atoms with E-state index in [1.165, 1.54) is 0 Å². The van der Waals surface area contributed by atoms with Crippen molar-refractivity contribution in [3.05, 3.63) is 34.4 Å². The molecule has 1 aromatic heterocycles. The number of carbonyl (C=O) groups is 1. The van der Waals surface area contributed by atoms with Crippen molar-refractivity contribution >= 4 is 16.8 Å². The van der Waals surface area contributed by atoms with Crippen molar-refractivity contribution in [2.75, 3.05) is 26.4 Å². The van der Waals surface area contributed by atoms with Crippen molar-refractivity contribution in [1.29, 1.82) is 0 Å². The molecule has 0 atom stereocenters. The third kappa shape index (κ3) is 4.35. The van der Waals surface area contributed by atoms with Crippen molar-refractivity contribution in [2.24, 2.45) is 5.92 Å². The number of carbonyl (C=O) groups excluding carboxylic acids is 1. The van der Waals surface area contributed by atoms with Gasteiger partial charge in [-0.25, -0.2) is 4.98 Å². The van der Waals surface area contributed by atoms with Crippen molar-refractivity contribution in [3.8, 4) is 5.75 Å². The molecular formula is C21H27N3O4. The molecule has 1 N–H and O–H groups in total. The highest BCUT2D eigenvalue weighted by Gasteiger charge is 2.16. The Balaban J connectivity index is 1.40. The first-order valence-electron chi connectivity index (χ1n) is 10.2. The van der Waals surface area contributed by atoms with E-state index >= 15 is 0 Å². The minimum atomic E-state index is -0.150. The first-order chi connectivity index (χ1) is 13.7. The van der Waals surface area contributed by atoms with Crippen molar-refractivity contribution < 1.29 is 14.3 Å². The zero-order valence-electron chi connectivity index (χ0n) is 16.1. The van der Waals surface area contributed by atoms with Crippen LogP contribution in [0.25, 0.3) is 10.9 Å². The van der Waals surface area contributed by atoms with E-state index in [1.807, 2.05) is 0 Å². The highest BCUT2D eigenvalue weighted by Crippen LogP contribution is 2.20. The lowest BCUT2D eigenvalue weighted by Crippen LogP contribution is -2.35. The Morgan fingerprint density at radius 1 is 1.25 bits per heavy atom. The Morgan fingerprint density at radius 3 is 2.96 bits per heavy atom. The summed E-state index contributed by atoms with van der Waals surface area (Å²) in [6.45, 7) is 2.84. The summed E-state index contributed by atoms with van der Waals surface area (Å²) in [5.41, 5.74) is 0.672. The monoisotopic (exact) mass is 385 g/mol. The summed E-state index contributed by atoms with van der Waals surface area (Å²) in [6.07, 6.45) is 6.00. The Bertz CT molecular complexity index is 902. The van der Waals surface area contributed by atoms with Gasteiger partial charge in [-0.2, -0.15) is 0 Å². The molecule has 2 aliphatic heterocycles. The maximum atomic E-state index is 12.9. The number of ether oxygens (including phenoxy) is 2. The topological polar surface area (TPSA) is 82.5 Å². The van der Waals surface area contributed by atoms with Crippen LogP contribution in [0.15, 0.2) is 23.0 Å². The zero-order valence-corrected chi connectivity index (χ0v) is 16.1. The molecule has 1 amide bonds. The van der Waals surface area contributed by atoms with Crippen LogP contribution in [-0.2, 0) is 22.5 Å². The SMILES string of the molecule is O=C(COc1ccc2nc3n(c(=O)c2c1)CCCCC3)NCC1CCOCC1. The molecule has 0 bridgehead atoms. The summed E-state index contributed by atoms with van der Waals surface area (Å²) in [5.74, 6) is 1.71. The first kappa shape index (κ1) is 18.9. The van der Waals surface area contributed by atoms with Gasteiger partial charge in [-0.1, -0.05) is 6.42 Å². The van der Waals surface area contributed by atoms with E-state index in [-0.39, 0.29) is 18.1 Å². The molecule has 0 unspecified atom stereocenters. The lowest BCUT2D eigenvalue weighted by Gasteiger charge is -2.22. The molecule has 3 heterocycles. The number of rotatable bonds is 5. The minimum absolute atomic E-state index is 0.0173. The predicted octanol–water partition coefficient (Wildman–Crippen LogP) is 2.04. The van der Waals surface area contributed by atoms with Crippen LogP contribution in [0.1, 0.15) is 37.9 Å². The molecule has 1 fully saturated rings. The van der Waals surface area contributed by atoms with E-state index < -0.39 is 0 Å². The first-order valence-corrected chi connectivity index (χ1v) is 10.2. The van der Waals surface area contributed by atoms with Crippen LogP contribution in [0.4, 0.5) is 0 Å². The van der Waals surface area contributed by atoms with Gasteiger partial charge in [0.05, 0.1) is 10.9 Å². The second-order valence-electron chi connectivity index (χ2n) is 7.62. The number of amides is 1. The van der Waals surface area contributed by atoms with Crippen LogP contribution < -0.4 is 15.6 Å². The molecule has 1 aromatic carbocycles. The number of hydrogen-bond donors (Lipinski definition) is 1. The fourth-order valence-corrected chi connectivity index (χ4v) is 3.90. The lowest BCUT2D eigenvalue weighted by atomic mass is 10.0. The van der Waals surface area contributed by atoms with Gasteiger partial charge >= 0.3 is 0 Å². The van der Waals surface area contributed by atoms with E-state index in [9.17, 15) is 9.59 Å². The molecule has 0 saturated carbocycles. The highest BCUT2D eigenvalue weighted by atomic mass is 16.5. The largest absolute Gasteiger partial charge is 0.484 e. The molecule has 7 heteroatoms. The summed E-state index contributed by atoms with van der Waals surface area (Å²) in [7, 11) is 0. The van der Waals surface area contributed by atoms with Gasteiger partial charge in [0, 0.05) is 32.7 Å². The van der Waals surface area contributed by atoms with Crippen molar-refractivity contribution in [3.63, 3.8) is 0 Å². The number of fused-ring (bicyclic) bond motifs is 2. The van der Waals surface area contributed by atoms with Crippen molar-refractivity contribution in [2.45, 2.75) is 45.1 Å². The standard InChI is InChI=1S/C21H27N3O4/c25-20(22-13-15-7-10-27-11-8-15)14-28-16-5-6-18-17(12-16)21(26)24-9-3-1-2-4-19(24)23-18/h5-6,12,15H,1-4,7-11,13-14H2,(H,22,25). The average molecular weight is 385 g/mol. The van der Waals surface area contributed by atoms with Gasteiger partial charge in [-0.15, -0.1) is 0 Å². The number of nitrogens with one attached hydrogen (secondary N) is 1. The van der Waals surface area contributed by atoms with E-state index in [0.29, 0.717) is 29.1 Å². The Hall–Kier alpha value is -2.41. The quantitative estimate of drug-likeness (QED) is 0.852. The molecule has 28 heavy (non-hydrogen) atoms. The van der Waals surface area contributed by atoms with Crippen molar-refractivity contribution in [1.82, 2.24) is 14.9 Å². The van der Waals surface area contributed by atoms with Crippen LogP contribution in [0.2, 0.25) is 0 Å². The second-order valence-corrected chi connectivity index (χ2v) is 7.62. The third-order valence-electron chi connectivity index (χ3n) is 5.59. The maximum absolute atomic E-state index is 12.9. The molecule has 7 nitrogen and oxygen atoms in total. The van der Waals surface area contributed by atoms with Gasteiger partial charge in [-0.05, 0) is 49.8 Å². The molecular weight excluding hydrogens is 358 g/mol. The highest BCUT2D eigenvalue weighted by molar-refractivity contribution is 5.80. The molecule has 2 aliphatic rings. The maximum Gasteiger partial charge on any atom is 0.261 e. The normalized spacial score (nSPS) is 17.7. The second kappa shape index (κ2) is 8.73. The van der Waals surface area contributed by atoms with Gasteiger partial charge in [0.15, 0.2) is 6.61 Å². The number of benzene rings is 1. The van der Waals surface area contributed by atoms with Crippen LogP contribution in [0.5, 0.6) is 5.75 Å². The smallest absolute Gasteiger partial charge is 0.261 e. The van der Waals surface area contributed by atoms with E-state index in [2.05, 4.69) is 10.3 Å². The number of aromatic nitrogens is 2. The molecule has 1 saturated heterocycles. The Labute approximate surface area is 164 Å². The Morgan fingerprint density at radius 2 is 2.11 bits per heavy atom. The predicted molar refractivity (Wildman–Crippen MR) is 106 cm³/mol. The molecule has 0 spiro atoms. The molecule has 2 aromatic rings. The summed E-state index contributed by atoms with van der Waals surface area (Å²) in [6, 6.07) is 5.28. The molecule has 0 aliphatic carbocycles. The minimum Gasteiger partial charge on any atom is -0.484 e. The third-order valence-corrected chi connectivity index (χ3v) is 5.59. The Kier molecular flexibility index (Phi) is 5.90. The van der Waals surface area contributed by atoms with Crippen LogP contribution in [0, 0.1) is 5.92 Å². The fourth-order valence-electron chi connectivity index (χ4n) is 3.90. The van der Waals surface area contributed by atoms with E-state index in [0.717, 1.165) is 64.1 Å². The number of nitrogens with zero attached hydrogens (tertiary/aromatic N) is 2. The van der Waals surface area contributed by atoms with E-state index in [4.69, 9.17) is 9.47 Å². The lowest BCUT2D eigenvalue weighted by molar-refractivity contribution is -0.123. The van der Waals surface area contributed by atoms with Crippen LogP contribution in [-0.4, -0.2) is 41.8 Å². The molecule has 150 valence electrons. The van der Waals surface area contributed by atoms with Crippen LogP contribution >= 0.6 is 0 Å². The number of aryl methyl sites for hydroxylation is 1. The average Bonchev–Trinajstić information content (AvgIpc) is 2.97. The van der Waals surface area contributed by atoms with Crippen LogP contribution in [0.3, 0.4) is 0 Å². The summed E-state index contributed by atoms with van der Waals surface area (Å²) in [5, 5.41) is 3.47. The summed E-state index contributed by atoms with van der Waals surface area (Å²) >= 11 is 0. The van der Waals surface area contributed by atoms with Gasteiger partial charge in [0.1, 0.15) is 11.6 Å². The van der Waals surface area contributed by atoms with Gasteiger partial charge in [0.25, 0.3) is 11.5 Å². The van der Waals surface area contributed by atoms with Gasteiger partial charge in [0.2, 0.25) is 0 Å². The molecule has 4 rings (SSSR count). The van der Waals surface area contributed by atoms with E-state index in [1.54, 1.807) is 22.8 Å². The van der Waals surface area contributed by atoms with Gasteiger partial charge < -0.3 is 14.8 Å². The zero-order chi connectivity index (χ0) is 19.3. The summed E-state index contributed by atoms with van der Waals surface area (Å²) < 4.78 is 12.7.